The predicted molar refractivity (Wildman–Crippen MR) is 143 cm³/mol. The fraction of sp³-hybridized carbons (Fsp3) is 0.241. The van der Waals surface area contributed by atoms with Gasteiger partial charge in [-0.1, -0.05) is 42.5 Å². The molecule has 0 radical (unpaired) electrons. The molecule has 0 bridgehead atoms. The third-order valence-corrected chi connectivity index (χ3v) is 6.82. The summed E-state index contributed by atoms with van der Waals surface area (Å²) in [6.07, 6.45) is 2.76. The summed E-state index contributed by atoms with van der Waals surface area (Å²) >= 11 is 0. The number of hydrogen-bond acceptors (Lipinski definition) is 5. The number of piperidine rings is 1. The van der Waals surface area contributed by atoms with Crippen molar-refractivity contribution in [3.8, 4) is 5.75 Å². The number of nitrogens with one attached hydrogen (secondary N) is 2. The Morgan fingerprint density at radius 1 is 0.946 bits per heavy atom. The quantitative estimate of drug-likeness (QED) is 0.420. The lowest BCUT2D eigenvalue weighted by atomic mass is 9.94. The zero-order chi connectivity index (χ0) is 25.8. The molecule has 1 aliphatic heterocycles. The topological polar surface area (TPSA) is 101 Å². The van der Waals surface area contributed by atoms with Crippen molar-refractivity contribution in [2.75, 3.05) is 32.1 Å². The summed E-state index contributed by atoms with van der Waals surface area (Å²) < 4.78 is 5.44. The van der Waals surface area contributed by atoms with Crippen LogP contribution in [0.4, 0.5) is 5.69 Å². The third kappa shape index (κ3) is 5.09. The molecule has 0 unspecified atom stereocenters. The number of benzene rings is 3. The van der Waals surface area contributed by atoms with Gasteiger partial charge in [0.2, 0.25) is 11.8 Å². The number of para-hydroxylation sites is 1. The predicted octanol–water partition coefficient (Wildman–Crippen LogP) is 4.00. The van der Waals surface area contributed by atoms with Crippen molar-refractivity contribution in [2.45, 2.75) is 12.8 Å². The van der Waals surface area contributed by atoms with Gasteiger partial charge in [0.1, 0.15) is 5.75 Å². The number of methoxy groups -OCH3 is 1. The van der Waals surface area contributed by atoms with Crippen LogP contribution < -0.4 is 15.4 Å². The number of likely N-dealkylation sites (tertiary alicyclic amines) is 1. The van der Waals surface area contributed by atoms with E-state index < -0.39 is 0 Å². The first-order valence-corrected chi connectivity index (χ1v) is 12.3. The second-order valence-electron chi connectivity index (χ2n) is 9.07. The van der Waals surface area contributed by atoms with Gasteiger partial charge in [-0.15, -0.1) is 0 Å². The molecule has 1 fully saturated rings. The van der Waals surface area contributed by atoms with Crippen LogP contribution in [0.15, 0.2) is 72.9 Å². The van der Waals surface area contributed by atoms with E-state index in [1.807, 2.05) is 54.6 Å². The number of amides is 3. The largest absolute Gasteiger partial charge is 0.496 e. The second-order valence-corrected chi connectivity index (χ2v) is 9.07. The summed E-state index contributed by atoms with van der Waals surface area (Å²) in [6, 6.07) is 20.6. The molecule has 8 heteroatoms. The van der Waals surface area contributed by atoms with E-state index in [-0.39, 0.29) is 30.2 Å². The number of nitrogens with zero attached hydrogens (tertiary/aromatic N) is 2. The lowest BCUT2D eigenvalue weighted by molar-refractivity contribution is -0.128. The molecule has 3 aromatic carbocycles. The maximum atomic E-state index is 13.3. The van der Waals surface area contributed by atoms with E-state index >= 15 is 0 Å². The Labute approximate surface area is 214 Å². The van der Waals surface area contributed by atoms with Crippen LogP contribution in [0.1, 0.15) is 23.2 Å². The molecule has 0 aliphatic carbocycles. The van der Waals surface area contributed by atoms with Crippen molar-refractivity contribution < 1.29 is 19.1 Å². The highest BCUT2D eigenvalue weighted by molar-refractivity contribution is 6.08. The summed E-state index contributed by atoms with van der Waals surface area (Å²) in [5, 5.41) is 8.23. The van der Waals surface area contributed by atoms with E-state index in [9.17, 15) is 14.4 Å². The van der Waals surface area contributed by atoms with E-state index in [0.29, 0.717) is 42.7 Å². The average Bonchev–Trinajstić information content (AvgIpc) is 2.95. The molecular weight excluding hydrogens is 468 g/mol. The molecular formula is C29H28N4O4. The highest BCUT2D eigenvalue weighted by atomic mass is 16.5. The maximum Gasteiger partial charge on any atom is 0.254 e. The zero-order valence-electron chi connectivity index (χ0n) is 20.6. The smallest absolute Gasteiger partial charge is 0.254 e. The Morgan fingerprint density at radius 3 is 2.49 bits per heavy atom. The molecule has 0 spiro atoms. The van der Waals surface area contributed by atoms with Gasteiger partial charge in [-0.05, 0) is 42.5 Å². The standard InChI is InChI=1S/C29H28N4O4/c1-37-25-12-11-23(21-8-2-3-9-22(21)25)29(36)33-16-13-20(14-17-33)28(35)31-18-26(34)32-24-10-4-6-19-7-5-15-30-27(19)24/h2-12,15,20H,13-14,16-18H2,1H3,(H,31,35)(H,32,34). The highest BCUT2D eigenvalue weighted by Gasteiger charge is 2.29. The van der Waals surface area contributed by atoms with Crippen molar-refractivity contribution in [3.05, 3.63) is 78.5 Å². The number of aromatic nitrogens is 1. The van der Waals surface area contributed by atoms with Crippen molar-refractivity contribution in [1.29, 1.82) is 0 Å². The summed E-state index contributed by atoms with van der Waals surface area (Å²) in [4.78, 5) is 44.6. The maximum absolute atomic E-state index is 13.3. The first-order valence-electron chi connectivity index (χ1n) is 12.3. The summed E-state index contributed by atoms with van der Waals surface area (Å²) in [7, 11) is 1.61. The van der Waals surface area contributed by atoms with E-state index in [0.717, 1.165) is 21.9 Å². The van der Waals surface area contributed by atoms with E-state index in [4.69, 9.17) is 4.74 Å². The van der Waals surface area contributed by atoms with Gasteiger partial charge in [0, 0.05) is 41.5 Å². The Bertz CT molecular complexity index is 1470. The van der Waals surface area contributed by atoms with Gasteiger partial charge < -0.3 is 20.3 Å². The first kappa shape index (κ1) is 24.2. The molecule has 0 saturated carbocycles. The summed E-state index contributed by atoms with van der Waals surface area (Å²) in [5.41, 5.74) is 1.93. The Kier molecular flexibility index (Phi) is 6.98. The number of ether oxygens (including phenoxy) is 1. The van der Waals surface area contributed by atoms with Gasteiger partial charge in [0.15, 0.2) is 0 Å². The molecule has 3 amide bonds. The van der Waals surface area contributed by atoms with Crippen LogP contribution in [0, 0.1) is 5.92 Å². The normalized spacial score (nSPS) is 13.9. The monoisotopic (exact) mass is 496 g/mol. The lowest BCUT2D eigenvalue weighted by Crippen LogP contribution is -2.44. The van der Waals surface area contributed by atoms with Crippen LogP contribution >= 0.6 is 0 Å². The second kappa shape index (κ2) is 10.7. The average molecular weight is 497 g/mol. The molecule has 37 heavy (non-hydrogen) atoms. The minimum Gasteiger partial charge on any atom is -0.496 e. The van der Waals surface area contributed by atoms with Crippen LogP contribution in [0.25, 0.3) is 21.7 Å². The molecule has 0 atom stereocenters. The lowest BCUT2D eigenvalue weighted by Gasteiger charge is -2.31. The van der Waals surface area contributed by atoms with Gasteiger partial charge in [-0.25, -0.2) is 0 Å². The van der Waals surface area contributed by atoms with E-state index in [2.05, 4.69) is 15.6 Å². The van der Waals surface area contributed by atoms with Gasteiger partial charge >= 0.3 is 0 Å². The number of fused-ring (bicyclic) bond motifs is 2. The number of hydrogen-bond donors (Lipinski definition) is 2. The van der Waals surface area contributed by atoms with Gasteiger partial charge in [0.05, 0.1) is 24.9 Å². The van der Waals surface area contributed by atoms with Gasteiger partial charge in [-0.3, -0.25) is 19.4 Å². The van der Waals surface area contributed by atoms with E-state index in [1.54, 1.807) is 30.3 Å². The minimum atomic E-state index is -0.314. The molecule has 2 heterocycles. The number of pyridine rings is 1. The van der Waals surface area contributed by atoms with Crippen molar-refractivity contribution in [1.82, 2.24) is 15.2 Å². The fourth-order valence-electron chi connectivity index (χ4n) is 4.86. The zero-order valence-corrected chi connectivity index (χ0v) is 20.6. The van der Waals surface area contributed by atoms with Crippen molar-refractivity contribution in [2.24, 2.45) is 5.92 Å². The minimum absolute atomic E-state index is 0.0548. The molecule has 1 aliphatic rings. The molecule has 2 N–H and O–H groups in total. The molecule has 1 aromatic heterocycles. The Balaban J connectivity index is 1.15. The van der Waals surface area contributed by atoms with Crippen LogP contribution in [-0.2, 0) is 9.59 Å². The number of anilines is 1. The SMILES string of the molecule is COc1ccc(C(=O)N2CCC(C(=O)NCC(=O)Nc3cccc4cccnc34)CC2)c2ccccc12. The molecule has 8 nitrogen and oxygen atoms in total. The summed E-state index contributed by atoms with van der Waals surface area (Å²) in [6.45, 7) is 0.829. The van der Waals surface area contributed by atoms with Crippen LogP contribution in [-0.4, -0.2) is 54.3 Å². The number of carbonyl (C=O) groups is 3. The van der Waals surface area contributed by atoms with Gasteiger partial charge in [-0.2, -0.15) is 0 Å². The highest BCUT2D eigenvalue weighted by Crippen LogP contribution is 2.30. The van der Waals surface area contributed by atoms with Crippen molar-refractivity contribution in [3.63, 3.8) is 0 Å². The van der Waals surface area contributed by atoms with Crippen LogP contribution in [0.3, 0.4) is 0 Å². The Hall–Kier alpha value is -4.46. The van der Waals surface area contributed by atoms with E-state index in [1.165, 1.54) is 0 Å². The van der Waals surface area contributed by atoms with Gasteiger partial charge in [0.25, 0.3) is 5.91 Å². The fourth-order valence-corrected chi connectivity index (χ4v) is 4.86. The Morgan fingerprint density at radius 2 is 1.70 bits per heavy atom. The molecule has 1 saturated heterocycles. The molecule has 5 rings (SSSR count). The van der Waals surface area contributed by atoms with Crippen LogP contribution in [0.5, 0.6) is 5.75 Å². The van der Waals surface area contributed by atoms with Crippen molar-refractivity contribution >= 4 is 45.1 Å². The summed E-state index contributed by atoms with van der Waals surface area (Å²) in [5.74, 6) is -0.0635. The number of rotatable bonds is 6. The first-order chi connectivity index (χ1) is 18.0. The molecule has 188 valence electrons. The van der Waals surface area contributed by atoms with Crippen LogP contribution in [0.2, 0.25) is 0 Å². The molecule has 4 aromatic rings. The number of carbonyl (C=O) groups excluding carboxylic acids is 3. The third-order valence-electron chi connectivity index (χ3n) is 6.82.